The number of benzene rings is 2. The van der Waals surface area contributed by atoms with E-state index < -0.39 is 12.1 Å². The average molecular weight is 468 g/mol. The summed E-state index contributed by atoms with van der Waals surface area (Å²) < 4.78 is 11.0. The number of likely N-dealkylation sites (tertiary alicyclic amines) is 1. The molecule has 0 aliphatic carbocycles. The van der Waals surface area contributed by atoms with Gasteiger partial charge in [-0.25, -0.2) is 0 Å². The van der Waals surface area contributed by atoms with Crippen LogP contribution in [0.25, 0.3) is 0 Å². The first kappa shape index (κ1) is 25.3. The maximum atomic E-state index is 12.3. The number of methoxy groups -OCH3 is 1. The van der Waals surface area contributed by atoms with Crippen molar-refractivity contribution in [3.8, 4) is 17.2 Å². The van der Waals surface area contributed by atoms with Crippen LogP contribution in [-0.2, 0) is 9.59 Å². The van der Waals surface area contributed by atoms with Crippen LogP contribution in [0.4, 0.5) is 0 Å². The van der Waals surface area contributed by atoms with Gasteiger partial charge in [-0.15, -0.1) is 0 Å². The van der Waals surface area contributed by atoms with Gasteiger partial charge in [0.1, 0.15) is 17.2 Å². The Kier molecular flexibility index (Phi) is 9.52. The molecule has 2 N–H and O–H groups in total. The van der Waals surface area contributed by atoms with Crippen molar-refractivity contribution in [1.82, 2.24) is 4.90 Å². The Labute approximate surface area is 200 Å². The second-order valence-corrected chi connectivity index (χ2v) is 8.43. The molecule has 3 rings (SSSR count). The number of aliphatic carboxylic acids is 1. The third-order valence-corrected chi connectivity index (χ3v) is 5.92. The molecule has 1 aliphatic rings. The Morgan fingerprint density at radius 3 is 2.56 bits per heavy atom. The standard InChI is InChI=1S/C27H33NO6/c1-33-22-12-14-23(15-13-22)34-24-8-6-7-20(19-24)25(29)16-10-21-11-17-26(30)28(21)18-5-3-2-4-9-27(31)32/h6-8,10,12-16,19,21,25,29H,2-5,9,11,17-18H2,1H3,(H,31,32). The van der Waals surface area contributed by atoms with E-state index in [1.807, 2.05) is 53.4 Å². The summed E-state index contributed by atoms with van der Waals surface area (Å²) in [5.74, 6) is 1.40. The van der Waals surface area contributed by atoms with Gasteiger partial charge in [0.05, 0.1) is 19.3 Å². The maximum Gasteiger partial charge on any atom is 0.303 e. The second kappa shape index (κ2) is 12.8. The first-order valence-electron chi connectivity index (χ1n) is 11.8. The van der Waals surface area contributed by atoms with Crippen molar-refractivity contribution >= 4 is 11.9 Å². The first-order chi connectivity index (χ1) is 16.5. The summed E-state index contributed by atoms with van der Waals surface area (Å²) >= 11 is 0. The molecule has 1 saturated heterocycles. The minimum Gasteiger partial charge on any atom is -0.497 e. The third-order valence-electron chi connectivity index (χ3n) is 5.92. The van der Waals surface area contributed by atoms with Gasteiger partial charge in [-0.2, -0.15) is 0 Å². The Balaban J connectivity index is 1.53. The lowest BCUT2D eigenvalue weighted by Gasteiger charge is -2.22. The predicted octanol–water partition coefficient (Wildman–Crippen LogP) is 5.10. The maximum absolute atomic E-state index is 12.3. The summed E-state index contributed by atoms with van der Waals surface area (Å²) in [6, 6.07) is 14.6. The van der Waals surface area contributed by atoms with E-state index in [1.165, 1.54) is 0 Å². The highest BCUT2D eigenvalue weighted by Crippen LogP contribution is 2.27. The van der Waals surface area contributed by atoms with Crippen LogP contribution in [0, 0.1) is 0 Å². The molecule has 0 bridgehead atoms. The van der Waals surface area contributed by atoms with Crippen molar-refractivity contribution in [2.24, 2.45) is 0 Å². The molecule has 0 spiro atoms. The Hall–Kier alpha value is -3.32. The molecule has 1 aliphatic heterocycles. The number of carbonyl (C=O) groups is 2. The topological polar surface area (TPSA) is 96.3 Å². The van der Waals surface area contributed by atoms with Crippen LogP contribution in [0.5, 0.6) is 17.2 Å². The fourth-order valence-electron chi connectivity index (χ4n) is 4.04. The zero-order valence-corrected chi connectivity index (χ0v) is 19.6. The van der Waals surface area contributed by atoms with Crippen molar-refractivity contribution in [2.75, 3.05) is 13.7 Å². The van der Waals surface area contributed by atoms with E-state index in [0.717, 1.165) is 31.4 Å². The molecule has 0 radical (unpaired) electrons. The van der Waals surface area contributed by atoms with E-state index in [9.17, 15) is 14.7 Å². The van der Waals surface area contributed by atoms with Gasteiger partial charge >= 0.3 is 5.97 Å². The van der Waals surface area contributed by atoms with Gasteiger partial charge in [-0.3, -0.25) is 9.59 Å². The van der Waals surface area contributed by atoms with E-state index in [1.54, 1.807) is 19.3 Å². The van der Waals surface area contributed by atoms with Gasteiger partial charge in [-0.1, -0.05) is 37.1 Å². The van der Waals surface area contributed by atoms with E-state index in [-0.39, 0.29) is 18.4 Å². The van der Waals surface area contributed by atoms with Crippen LogP contribution < -0.4 is 9.47 Å². The van der Waals surface area contributed by atoms with Crippen LogP contribution in [0.3, 0.4) is 0 Å². The minimum atomic E-state index is -0.812. The molecule has 2 atom stereocenters. The molecule has 2 aromatic carbocycles. The fourth-order valence-corrected chi connectivity index (χ4v) is 4.04. The molecule has 182 valence electrons. The number of carboxylic acids is 1. The van der Waals surface area contributed by atoms with Crippen LogP contribution in [0.15, 0.2) is 60.7 Å². The van der Waals surface area contributed by atoms with Gasteiger partial charge in [0.15, 0.2) is 0 Å². The number of carbonyl (C=O) groups excluding carboxylic acids is 1. The number of hydrogen-bond acceptors (Lipinski definition) is 5. The van der Waals surface area contributed by atoms with E-state index >= 15 is 0 Å². The summed E-state index contributed by atoms with van der Waals surface area (Å²) in [6.07, 6.45) is 7.54. The second-order valence-electron chi connectivity index (χ2n) is 8.43. The highest BCUT2D eigenvalue weighted by Gasteiger charge is 2.28. The number of carboxylic acid groups (broad SMARTS) is 1. The summed E-state index contributed by atoms with van der Waals surface area (Å²) in [4.78, 5) is 24.7. The first-order valence-corrected chi connectivity index (χ1v) is 11.8. The van der Waals surface area contributed by atoms with Crippen molar-refractivity contribution in [3.05, 3.63) is 66.2 Å². The van der Waals surface area contributed by atoms with Gasteiger partial charge in [0, 0.05) is 19.4 Å². The minimum absolute atomic E-state index is 0.0279. The number of nitrogens with zero attached hydrogens (tertiary/aromatic N) is 1. The summed E-state index contributed by atoms with van der Waals surface area (Å²) in [6.45, 7) is 0.655. The molecule has 0 saturated carbocycles. The monoisotopic (exact) mass is 467 g/mol. The van der Waals surface area contributed by atoms with Gasteiger partial charge < -0.3 is 24.6 Å². The quantitative estimate of drug-likeness (QED) is 0.314. The molecule has 7 nitrogen and oxygen atoms in total. The molecule has 1 amide bonds. The number of unbranched alkanes of at least 4 members (excludes halogenated alkanes) is 3. The normalized spacial score (nSPS) is 16.7. The number of amides is 1. The Bertz CT molecular complexity index is 971. The van der Waals surface area contributed by atoms with Crippen molar-refractivity contribution < 1.29 is 29.3 Å². The van der Waals surface area contributed by atoms with Crippen molar-refractivity contribution in [1.29, 1.82) is 0 Å². The molecule has 2 aromatic rings. The molecule has 0 aromatic heterocycles. The van der Waals surface area contributed by atoms with Crippen LogP contribution in [-0.4, -0.2) is 46.7 Å². The predicted molar refractivity (Wildman–Crippen MR) is 129 cm³/mol. The zero-order valence-electron chi connectivity index (χ0n) is 19.6. The summed E-state index contributed by atoms with van der Waals surface area (Å²) in [5.41, 5.74) is 0.705. The summed E-state index contributed by atoms with van der Waals surface area (Å²) in [7, 11) is 1.61. The van der Waals surface area contributed by atoms with Crippen LogP contribution >= 0.6 is 0 Å². The van der Waals surface area contributed by atoms with Crippen LogP contribution in [0.2, 0.25) is 0 Å². The molecular weight excluding hydrogens is 434 g/mol. The van der Waals surface area contributed by atoms with Gasteiger partial charge in [-0.05, 0) is 61.2 Å². The molecule has 1 fully saturated rings. The Morgan fingerprint density at radius 1 is 1.09 bits per heavy atom. The van der Waals surface area contributed by atoms with E-state index in [0.29, 0.717) is 36.4 Å². The lowest BCUT2D eigenvalue weighted by atomic mass is 10.1. The number of rotatable bonds is 13. The lowest BCUT2D eigenvalue weighted by Crippen LogP contribution is -2.32. The van der Waals surface area contributed by atoms with Gasteiger partial charge in [0.25, 0.3) is 0 Å². The Morgan fingerprint density at radius 2 is 1.82 bits per heavy atom. The number of aliphatic hydroxyl groups excluding tert-OH is 1. The molecule has 1 heterocycles. The number of hydrogen-bond donors (Lipinski definition) is 2. The smallest absolute Gasteiger partial charge is 0.303 e. The third kappa shape index (κ3) is 7.63. The molecule has 2 unspecified atom stereocenters. The number of aliphatic hydroxyl groups is 1. The number of ether oxygens (including phenoxy) is 2. The SMILES string of the molecule is COc1ccc(Oc2cccc(C(O)C=CC3CCC(=O)N3CCCCCCC(=O)O)c2)cc1. The largest absolute Gasteiger partial charge is 0.497 e. The highest BCUT2D eigenvalue weighted by atomic mass is 16.5. The highest BCUT2D eigenvalue weighted by molar-refractivity contribution is 5.79. The fraction of sp³-hybridized carbons (Fsp3) is 0.407. The summed E-state index contributed by atoms with van der Waals surface area (Å²) in [5, 5.41) is 19.4. The molecule has 34 heavy (non-hydrogen) atoms. The molecule has 7 heteroatoms. The zero-order chi connectivity index (χ0) is 24.3. The average Bonchev–Trinajstić information content (AvgIpc) is 3.19. The molecular formula is C27H33NO6. The van der Waals surface area contributed by atoms with E-state index in [4.69, 9.17) is 14.6 Å². The van der Waals surface area contributed by atoms with Crippen LogP contribution in [0.1, 0.15) is 56.6 Å². The van der Waals surface area contributed by atoms with Gasteiger partial charge in [0.2, 0.25) is 5.91 Å². The lowest BCUT2D eigenvalue weighted by molar-refractivity contribution is -0.137. The van der Waals surface area contributed by atoms with Crippen molar-refractivity contribution in [3.63, 3.8) is 0 Å². The van der Waals surface area contributed by atoms with E-state index in [2.05, 4.69) is 0 Å². The van der Waals surface area contributed by atoms with Crippen molar-refractivity contribution in [2.45, 2.75) is 57.1 Å².